The highest BCUT2D eigenvalue weighted by Crippen LogP contribution is 2.04. The topological polar surface area (TPSA) is 26.0 Å². The number of hydrogen-bond donors (Lipinski definition) is 3. The molecule has 0 aromatic carbocycles. The standard InChI is InChI=1S/C4H11NS2.HI/c1-3(6)4(7)2-5;/h3-4,6-7H,2,5H2,1H3;1H. The first-order chi connectivity index (χ1) is 3.18. The van der Waals surface area contributed by atoms with E-state index in [1.807, 2.05) is 6.92 Å². The van der Waals surface area contributed by atoms with Crippen LogP contribution in [-0.2, 0) is 0 Å². The maximum Gasteiger partial charge on any atom is 0.0253 e. The lowest BCUT2D eigenvalue weighted by Crippen LogP contribution is -2.21. The SMILES string of the molecule is CC(S)C(S)CN.I. The van der Waals surface area contributed by atoms with Crippen molar-refractivity contribution in [1.29, 1.82) is 0 Å². The summed E-state index contributed by atoms with van der Waals surface area (Å²) in [6.45, 7) is 2.58. The maximum absolute atomic E-state index is 5.25. The molecule has 4 heteroatoms. The van der Waals surface area contributed by atoms with Crippen molar-refractivity contribution in [2.45, 2.75) is 17.4 Å². The highest BCUT2D eigenvalue weighted by Gasteiger charge is 2.03. The summed E-state index contributed by atoms with van der Waals surface area (Å²) in [5.74, 6) is 0. The van der Waals surface area contributed by atoms with Gasteiger partial charge in [-0.2, -0.15) is 25.3 Å². The van der Waals surface area contributed by atoms with Crippen molar-refractivity contribution in [2.75, 3.05) is 6.54 Å². The van der Waals surface area contributed by atoms with E-state index in [2.05, 4.69) is 25.3 Å². The van der Waals surface area contributed by atoms with Gasteiger partial charge in [-0.1, -0.05) is 6.92 Å². The van der Waals surface area contributed by atoms with Gasteiger partial charge in [0.15, 0.2) is 0 Å². The zero-order valence-electron chi connectivity index (χ0n) is 4.74. The van der Waals surface area contributed by atoms with Crippen LogP contribution in [0, 0.1) is 0 Å². The summed E-state index contributed by atoms with van der Waals surface area (Å²) in [5, 5.41) is 0.539. The van der Waals surface area contributed by atoms with Crippen LogP contribution in [0.3, 0.4) is 0 Å². The lowest BCUT2D eigenvalue weighted by Gasteiger charge is -2.08. The fraction of sp³-hybridized carbons (Fsp3) is 1.00. The van der Waals surface area contributed by atoms with Crippen LogP contribution in [0.1, 0.15) is 6.92 Å². The molecule has 8 heavy (non-hydrogen) atoms. The Morgan fingerprint density at radius 2 is 1.88 bits per heavy atom. The van der Waals surface area contributed by atoms with Gasteiger partial charge in [0, 0.05) is 17.0 Å². The second-order valence-corrected chi connectivity index (χ2v) is 3.02. The minimum Gasteiger partial charge on any atom is -0.329 e. The van der Waals surface area contributed by atoms with E-state index in [1.54, 1.807) is 0 Å². The Morgan fingerprint density at radius 1 is 1.50 bits per heavy atom. The van der Waals surface area contributed by atoms with Crippen molar-refractivity contribution in [1.82, 2.24) is 0 Å². The zero-order chi connectivity index (χ0) is 5.86. The molecular formula is C4H12INS2. The number of nitrogens with two attached hydrogens (primary N) is 1. The van der Waals surface area contributed by atoms with E-state index in [-0.39, 0.29) is 29.2 Å². The molecule has 0 radical (unpaired) electrons. The molecule has 2 unspecified atom stereocenters. The lowest BCUT2D eigenvalue weighted by molar-refractivity contribution is 0.854. The first-order valence-electron chi connectivity index (χ1n) is 2.24. The Bertz CT molecular complexity index is 51.3. The quantitative estimate of drug-likeness (QED) is 0.507. The van der Waals surface area contributed by atoms with E-state index in [0.717, 1.165) is 0 Å². The van der Waals surface area contributed by atoms with Gasteiger partial charge in [0.05, 0.1) is 0 Å². The van der Waals surface area contributed by atoms with Crippen LogP contribution >= 0.6 is 49.2 Å². The number of halogens is 1. The Morgan fingerprint density at radius 3 is 1.88 bits per heavy atom. The highest BCUT2D eigenvalue weighted by atomic mass is 127. The van der Waals surface area contributed by atoms with Crippen molar-refractivity contribution in [3.05, 3.63) is 0 Å². The Kier molecular flexibility index (Phi) is 9.85. The molecule has 0 aliphatic heterocycles. The van der Waals surface area contributed by atoms with E-state index in [9.17, 15) is 0 Å². The van der Waals surface area contributed by atoms with Crippen LogP contribution in [0.15, 0.2) is 0 Å². The highest BCUT2D eigenvalue weighted by molar-refractivity contribution is 14.0. The van der Waals surface area contributed by atoms with Crippen molar-refractivity contribution < 1.29 is 0 Å². The van der Waals surface area contributed by atoms with Gasteiger partial charge >= 0.3 is 0 Å². The van der Waals surface area contributed by atoms with Crippen LogP contribution < -0.4 is 5.73 Å². The molecule has 0 bridgehead atoms. The van der Waals surface area contributed by atoms with Crippen molar-refractivity contribution in [2.24, 2.45) is 5.73 Å². The number of hydrogen-bond acceptors (Lipinski definition) is 3. The predicted octanol–water partition coefficient (Wildman–Crippen LogP) is 1.18. The molecule has 1 nitrogen and oxygen atoms in total. The molecule has 0 spiro atoms. The van der Waals surface area contributed by atoms with E-state index >= 15 is 0 Å². The van der Waals surface area contributed by atoms with Gasteiger partial charge in [-0.3, -0.25) is 0 Å². The van der Waals surface area contributed by atoms with Crippen LogP contribution in [0.4, 0.5) is 0 Å². The Hall–Kier alpha value is 1.39. The van der Waals surface area contributed by atoms with Gasteiger partial charge in [-0.25, -0.2) is 0 Å². The molecule has 0 rings (SSSR count). The molecule has 2 atom stereocenters. The second kappa shape index (κ2) is 6.51. The van der Waals surface area contributed by atoms with Crippen molar-refractivity contribution in [3.63, 3.8) is 0 Å². The molecule has 0 amide bonds. The second-order valence-electron chi connectivity index (χ2n) is 1.54. The summed E-state index contributed by atoms with van der Waals surface area (Å²) in [4.78, 5) is 0. The third-order valence-corrected chi connectivity index (χ3v) is 2.05. The summed E-state index contributed by atoms with van der Waals surface area (Å²) in [6, 6.07) is 0. The summed E-state index contributed by atoms with van der Waals surface area (Å²) in [7, 11) is 0. The molecule has 0 aromatic rings. The molecule has 0 saturated carbocycles. The zero-order valence-corrected chi connectivity index (χ0v) is 8.86. The molecule has 0 aromatic heterocycles. The summed E-state index contributed by atoms with van der Waals surface area (Å²) in [6.07, 6.45) is 0. The van der Waals surface area contributed by atoms with E-state index in [4.69, 9.17) is 5.73 Å². The van der Waals surface area contributed by atoms with Crippen LogP contribution in [-0.4, -0.2) is 17.0 Å². The van der Waals surface area contributed by atoms with Gasteiger partial charge < -0.3 is 5.73 Å². The predicted molar refractivity (Wildman–Crippen MR) is 55.7 cm³/mol. The number of thiol groups is 2. The third kappa shape index (κ3) is 5.53. The van der Waals surface area contributed by atoms with Crippen LogP contribution in [0.5, 0.6) is 0 Å². The summed E-state index contributed by atoms with van der Waals surface area (Å²) in [5.41, 5.74) is 5.25. The largest absolute Gasteiger partial charge is 0.329 e. The van der Waals surface area contributed by atoms with Crippen LogP contribution in [0.25, 0.3) is 0 Å². The Balaban J connectivity index is 0. The third-order valence-electron chi connectivity index (χ3n) is 0.798. The van der Waals surface area contributed by atoms with Crippen molar-refractivity contribution in [3.8, 4) is 0 Å². The minimum absolute atomic E-state index is 0. The normalized spacial score (nSPS) is 16.5. The molecule has 0 aliphatic carbocycles. The first kappa shape index (κ1) is 12.1. The fourth-order valence-electron chi connectivity index (χ4n) is 0.197. The summed E-state index contributed by atoms with van der Waals surface area (Å²) < 4.78 is 0. The molecule has 0 saturated heterocycles. The van der Waals surface area contributed by atoms with Gasteiger partial charge in [0.2, 0.25) is 0 Å². The monoisotopic (exact) mass is 265 g/mol. The van der Waals surface area contributed by atoms with Gasteiger partial charge in [0.25, 0.3) is 0 Å². The van der Waals surface area contributed by atoms with Crippen LogP contribution in [0.2, 0.25) is 0 Å². The van der Waals surface area contributed by atoms with E-state index < -0.39 is 0 Å². The Labute approximate surface area is 78.6 Å². The first-order valence-corrected chi connectivity index (χ1v) is 3.28. The lowest BCUT2D eigenvalue weighted by atomic mass is 10.3. The van der Waals surface area contributed by atoms with Gasteiger partial charge in [-0.05, 0) is 0 Å². The molecule has 0 fully saturated rings. The van der Waals surface area contributed by atoms with E-state index in [1.165, 1.54) is 0 Å². The fourth-order valence-corrected chi connectivity index (χ4v) is 0.319. The molecule has 0 aliphatic rings. The van der Waals surface area contributed by atoms with Gasteiger partial charge in [0.1, 0.15) is 0 Å². The maximum atomic E-state index is 5.25. The number of rotatable bonds is 2. The summed E-state index contributed by atoms with van der Waals surface area (Å²) >= 11 is 8.24. The van der Waals surface area contributed by atoms with Crippen molar-refractivity contribution >= 4 is 49.2 Å². The van der Waals surface area contributed by atoms with E-state index in [0.29, 0.717) is 11.8 Å². The smallest absolute Gasteiger partial charge is 0.0253 e. The molecule has 52 valence electrons. The van der Waals surface area contributed by atoms with Gasteiger partial charge in [-0.15, -0.1) is 24.0 Å². The average Bonchev–Trinajstić information content (AvgIpc) is 1.65. The molecule has 0 heterocycles. The molecule has 2 N–H and O–H groups in total. The minimum atomic E-state index is 0. The average molecular weight is 265 g/mol. The molecular weight excluding hydrogens is 253 g/mol.